The van der Waals surface area contributed by atoms with Gasteiger partial charge in [-0.05, 0) is 30.7 Å². The summed E-state index contributed by atoms with van der Waals surface area (Å²) in [6.45, 7) is 3.16. The molecule has 1 aromatic rings. The maximum Gasteiger partial charge on any atom is 0.120 e. The van der Waals surface area contributed by atoms with Crippen molar-refractivity contribution in [3.63, 3.8) is 0 Å². The summed E-state index contributed by atoms with van der Waals surface area (Å²) in [5.41, 5.74) is 0.756. The maximum absolute atomic E-state index is 12.3. The van der Waals surface area contributed by atoms with E-state index in [4.69, 9.17) is 16.3 Å². The zero-order chi connectivity index (χ0) is 9.84. The maximum atomic E-state index is 12.3. The number of halogens is 2. The molecule has 13 heavy (non-hydrogen) atoms. The second-order valence-electron chi connectivity index (χ2n) is 2.78. The van der Waals surface area contributed by atoms with Crippen molar-refractivity contribution in [3.05, 3.63) is 35.7 Å². The van der Waals surface area contributed by atoms with E-state index in [9.17, 15) is 4.39 Å². The lowest BCUT2D eigenvalue weighted by molar-refractivity contribution is 0.412. The van der Waals surface area contributed by atoms with Crippen LogP contribution in [-0.2, 0) is 0 Å². The summed E-state index contributed by atoms with van der Waals surface area (Å²) in [5, 5.41) is 0.538. The van der Waals surface area contributed by atoms with Crippen LogP contribution in [0.2, 0.25) is 5.02 Å². The van der Waals surface area contributed by atoms with Crippen molar-refractivity contribution in [2.75, 3.05) is 13.8 Å². The molecule has 0 saturated heterocycles. The van der Waals surface area contributed by atoms with Crippen molar-refractivity contribution in [2.24, 2.45) is 0 Å². The van der Waals surface area contributed by atoms with E-state index in [0.29, 0.717) is 10.8 Å². The Hall–Kier alpha value is -0.760. The Morgan fingerprint density at radius 3 is 2.77 bits per heavy atom. The number of alkyl halides is 1. The number of rotatable bonds is 3. The summed E-state index contributed by atoms with van der Waals surface area (Å²) < 4.78 is 17.3. The monoisotopic (exact) mass is 201 g/mol. The molecule has 1 nitrogen and oxygen atoms in total. The van der Waals surface area contributed by atoms with Crippen LogP contribution in [0.15, 0.2) is 18.2 Å². The summed E-state index contributed by atoms with van der Waals surface area (Å²) in [4.78, 5) is 0. The highest BCUT2D eigenvalue weighted by Gasteiger charge is 2.07. The first kappa shape index (κ1) is 10.3. The van der Waals surface area contributed by atoms with Crippen molar-refractivity contribution in [2.45, 2.75) is 5.92 Å². The molecule has 0 aliphatic rings. The average molecular weight is 202 g/mol. The molecule has 0 saturated carbocycles. The van der Waals surface area contributed by atoms with Gasteiger partial charge in [-0.2, -0.15) is 0 Å². The predicted octanol–water partition coefficient (Wildman–Crippen LogP) is 3.24. The molecule has 1 atom stereocenters. The van der Waals surface area contributed by atoms with Crippen LogP contribution in [0.3, 0.4) is 0 Å². The highest BCUT2D eigenvalue weighted by molar-refractivity contribution is 6.30. The van der Waals surface area contributed by atoms with E-state index in [1.807, 2.05) is 0 Å². The van der Waals surface area contributed by atoms with Gasteiger partial charge in [-0.1, -0.05) is 11.6 Å². The first-order valence-corrected chi connectivity index (χ1v) is 4.28. The number of benzene rings is 1. The molecule has 0 aliphatic carbocycles. The van der Waals surface area contributed by atoms with Crippen LogP contribution in [0.25, 0.3) is 0 Å². The van der Waals surface area contributed by atoms with Gasteiger partial charge in [0.2, 0.25) is 0 Å². The molecule has 0 spiro atoms. The largest absolute Gasteiger partial charge is 0.497 e. The van der Waals surface area contributed by atoms with E-state index >= 15 is 0 Å². The SMILES string of the molecule is [CH2]C(CF)c1cc(Cl)cc(OC)c1. The zero-order valence-electron chi connectivity index (χ0n) is 7.39. The van der Waals surface area contributed by atoms with Gasteiger partial charge in [0.15, 0.2) is 0 Å². The van der Waals surface area contributed by atoms with Gasteiger partial charge in [-0.25, -0.2) is 0 Å². The topological polar surface area (TPSA) is 9.23 Å². The molecule has 0 fully saturated rings. The average Bonchev–Trinajstić information content (AvgIpc) is 2.15. The molecule has 0 N–H and O–H groups in total. The van der Waals surface area contributed by atoms with Crippen molar-refractivity contribution in [3.8, 4) is 5.75 Å². The van der Waals surface area contributed by atoms with E-state index in [0.717, 1.165) is 5.56 Å². The van der Waals surface area contributed by atoms with Crippen LogP contribution >= 0.6 is 11.6 Å². The molecule has 3 heteroatoms. The Morgan fingerprint density at radius 2 is 2.23 bits per heavy atom. The molecular formula is C10H11ClFO. The molecule has 0 amide bonds. The number of hydrogen-bond acceptors (Lipinski definition) is 1. The van der Waals surface area contributed by atoms with Gasteiger partial charge in [0.1, 0.15) is 5.75 Å². The van der Waals surface area contributed by atoms with E-state index in [1.165, 1.54) is 0 Å². The van der Waals surface area contributed by atoms with E-state index in [1.54, 1.807) is 25.3 Å². The second-order valence-corrected chi connectivity index (χ2v) is 3.21. The highest BCUT2D eigenvalue weighted by Crippen LogP contribution is 2.25. The van der Waals surface area contributed by atoms with Gasteiger partial charge < -0.3 is 4.74 Å². The predicted molar refractivity (Wildman–Crippen MR) is 52.1 cm³/mol. The molecule has 0 bridgehead atoms. The van der Waals surface area contributed by atoms with Crippen LogP contribution in [-0.4, -0.2) is 13.8 Å². The fourth-order valence-electron chi connectivity index (χ4n) is 1.03. The Morgan fingerprint density at radius 1 is 1.54 bits per heavy atom. The van der Waals surface area contributed by atoms with Crippen molar-refractivity contribution in [1.82, 2.24) is 0 Å². The molecule has 71 valence electrons. The third-order valence-corrected chi connectivity index (χ3v) is 2.01. The number of ether oxygens (including phenoxy) is 1. The van der Waals surface area contributed by atoms with Crippen LogP contribution in [0, 0.1) is 6.92 Å². The summed E-state index contributed by atoms with van der Waals surface area (Å²) in [5.74, 6) is 0.247. The molecule has 1 unspecified atom stereocenters. The summed E-state index contributed by atoms with van der Waals surface area (Å²) >= 11 is 5.80. The Labute approximate surface area is 82.5 Å². The Balaban J connectivity index is 3.01. The highest BCUT2D eigenvalue weighted by atomic mass is 35.5. The summed E-state index contributed by atoms with van der Waals surface area (Å²) in [6.07, 6.45) is 0. The van der Waals surface area contributed by atoms with Gasteiger partial charge in [-0.3, -0.25) is 4.39 Å². The molecule has 1 radical (unpaired) electrons. The lowest BCUT2D eigenvalue weighted by Crippen LogP contribution is -1.96. The zero-order valence-corrected chi connectivity index (χ0v) is 8.14. The molecular weight excluding hydrogens is 191 g/mol. The lowest BCUT2D eigenvalue weighted by Gasteiger charge is -2.09. The summed E-state index contributed by atoms with van der Waals surface area (Å²) in [7, 11) is 1.54. The molecule has 1 rings (SSSR count). The minimum atomic E-state index is -0.497. The number of methoxy groups -OCH3 is 1. The van der Waals surface area contributed by atoms with Gasteiger partial charge in [-0.15, -0.1) is 0 Å². The first-order chi connectivity index (χ1) is 6.17. The molecule has 0 aliphatic heterocycles. The standard InChI is InChI=1S/C10H11ClFO/c1-7(6-12)8-3-9(11)5-10(4-8)13-2/h3-5,7H,1,6H2,2H3. The minimum Gasteiger partial charge on any atom is -0.497 e. The Bertz CT molecular complexity index is 288. The van der Waals surface area contributed by atoms with E-state index in [-0.39, 0.29) is 5.92 Å². The minimum absolute atomic E-state index is 0.382. The van der Waals surface area contributed by atoms with Gasteiger partial charge in [0.25, 0.3) is 0 Å². The van der Waals surface area contributed by atoms with Crippen LogP contribution < -0.4 is 4.74 Å². The van der Waals surface area contributed by atoms with Crippen molar-refractivity contribution >= 4 is 11.6 Å². The number of hydrogen-bond donors (Lipinski definition) is 0. The fourth-order valence-corrected chi connectivity index (χ4v) is 1.26. The molecule has 0 aromatic heterocycles. The quantitative estimate of drug-likeness (QED) is 0.730. The van der Waals surface area contributed by atoms with Gasteiger partial charge >= 0.3 is 0 Å². The van der Waals surface area contributed by atoms with Crippen LogP contribution in [0.1, 0.15) is 11.5 Å². The Kier molecular flexibility index (Phi) is 3.55. The second kappa shape index (κ2) is 4.47. The van der Waals surface area contributed by atoms with E-state index in [2.05, 4.69) is 6.92 Å². The van der Waals surface area contributed by atoms with Crippen LogP contribution in [0.4, 0.5) is 4.39 Å². The third kappa shape index (κ3) is 2.59. The van der Waals surface area contributed by atoms with Crippen molar-refractivity contribution in [1.29, 1.82) is 0 Å². The lowest BCUT2D eigenvalue weighted by atomic mass is 10.0. The normalized spacial score (nSPS) is 12.6. The third-order valence-electron chi connectivity index (χ3n) is 1.79. The van der Waals surface area contributed by atoms with Gasteiger partial charge in [0.05, 0.1) is 13.8 Å². The van der Waals surface area contributed by atoms with Crippen LogP contribution in [0.5, 0.6) is 5.75 Å². The van der Waals surface area contributed by atoms with Crippen molar-refractivity contribution < 1.29 is 9.13 Å². The fraction of sp³-hybridized carbons (Fsp3) is 0.300. The molecule has 0 heterocycles. The molecule has 1 aromatic carbocycles. The first-order valence-electron chi connectivity index (χ1n) is 3.91. The van der Waals surface area contributed by atoms with E-state index < -0.39 is 6.67 Å². The van der Waals surface area contributed by atoms with Gasteiger partial charge in [0, 0.05) is 10.9 Å². The smallest absolute Gasteiger partial charge is 0.120 e. The summed E-state index contributed by atoms with van der Waals surface area (Å²) in [6, 6.07) is 5.11.